The number of hydrogen-bond donors (Lipinski definition) is 2. The van der Waals surface area contributed by atoms with Crippen molar-refractivity contribution in [3.8, 4) is 0 Å². The number of aromatic nitrogens is 2. The molecule has 1 aromatic rings. The van der Waals surface area contributed by atoms with Gasteiger partial charge in [-0.3, -0.25) is 9.40 Å². The van der Waals surface area contributed by atoms with Crippen LogP contribution in [0.5, 0.6) is 0 Å². The highest BCUT2D eigenvalue weighted by Crippen LogP contribution is 2.10. The number of anilines is 1. The quantitative estimate of drug-likeness (QED) is 0.754. The fourth-order valence-electron chi connectivity index (χ4n) is 1.31. The number of hydrogen-bond acceptors (Lipinski definition) is 4. The van der Waals surface area contributed by atoms with Gasteiger partial charge in [0, 0.05) is 19.3 Å². The van der Waals surface area contributed by atoms with Crippen LogP contribution in [0.2, 0.25) is 0 Å². The Labute approximate surface area is 102 Å². The van der Waals surface area contributed by atoms with Crippen LogP contribution in [-0.4, -0.2) is 36.5 Å². The van der Waals surface area contributed by atoms with Gasteiger partial charge in [-0.25, -0.2) is 8.42 Å². The Kier molecular flexibility index (Phi) is 4.95. The lowest BCUT2D eigenvalue weighted by atomic mass is 10.5. The van der Waals surface area contributed by atoms with E-state index in [0.29, 0.717) is 18.8 Å². The Morgan fingerprint density at radius 3 is 2.71 bits per heavy atom. The predicted octanol–water partition coefficient (Wildman–Crippen LogP) is 0.643. The Bertz CT molecular complexity index is 441. The normalized spacial score (nSPS) is 13.6. The molecule has 1 unspecified atom stereocenters. The molecule has 17 heavy (non-hydrogen) atoms. The van der Waals surface area contributed by atoms with Gasteiger partial charge in [-0.15, -0.1) is 0 Å². The van der Waals surface area contributed by atoms with Crippen LogP contribution >= 0.6 is 0 Å². The molecule has 0 spiro atoms. The van der Waals surface area contributed by atoms with E-state index in [1.54, 1.807) is 17.8 Å². The number of sulfonamides is 1. The summed E-state index contributed by atoms with van der Waals surface area (Å²) < 4.78 is 28.0. The molecule has 0 bridgehead atoms. The molecule has 0 radical (unpaired) electrons. The Hall–Kier alpha value is -1.08. The lowest BCUT2D eigenvalue weighted by molar-refractivity contribution is 0.579. The third kappa shape index (κ3) is 4.01. The van der Waals surface area contributed by atoms with Crippen LogP contribution in [0.3, 0.4) is 0 Å². The molecule has 1 aromatic heterocycles. The van der Waals surface area contributed by atoms with E-state index in [1.165, 1.54) is 6.20 Å². The predicted molar refractivity (Wildman–Crippen MR) is 68.4 cm³/mol. The molecule has 98 valence electrons. The van der Waals surface area contributed by atoms with E-state index >= 15 is 0 Å². The molecule has 0 aliphatic rings. The first-order valence-corrected chi connectivity index (χ1v) is 7.29. The zero-order valence-electron chi connectivity index (χ0n) is 10.5. The molecule has 7 heteroatoms. The number of nitrogens with one attached hydrogen (secondary N) is 2. The first kappa shape index (κ1) is 14.0. The average molecular weight is 260 g/mol. The van der Waals surface area contributed by atoms with Gasteiger partial charge in [-0.2, -0.15) is 5.10 Å². The highest BCUT2D eigenvalue weighted by molar-refractivity contribution is 7.93. The first-order chi connectivity index (χ1) is 7.99. The van der Waals surface area contributed by atoms with Crippen LogP contribution in [0.4, 0.5) is 5.69 Å². The van der Waals surface area contributed by atoms with E-state index in [9.17, 15) is 8.42 Å². The third-order valence-corrected chi connectivity index (χ3v) is 4.18. The van der Waals surface area contributed by atoms with Gasteiger partial charge < -0.3 is 5.32 Å². The summed E-state index contributed by atoms with van der Waals surface area (Å²) >= 11 is 0. The van der Waals surface area contributed by atoms with Crippen molar-refractivity contribution >= 4 is 15.7 Å². The summed E-state index contributed by atoms with van der Waals surface area (Å²) in [6.07, 6.45) is 3.19. The van der Waals surface area contributed by atoms with Gasteiger partial charge in [0.15, 0.2) is 0 Å². The summed E-state index contributed by atoms with van der Waals surface area (Å²) in [7, 11) is -3.35. The topological polar surface area (TPSA) is 76.0 Å². The molecule has 0 saturated heterocycles. The molecule has 0 amide bonds. The largest absolute Gasteiger partial charge is 0.316 e. The molecule has 1 rings (SSSR count). The maximum Gasteiger partial charge on any atom is 0.236 e. The average Bonchev–Trinajstić information content (AvgIpc) is 2.72. The second kappa shape index (κ2) is 6.02. The van der Waals surface area contributed by atoms with Gasteiger partial charge >= 0.3 is 0 Å². The molecule has 0 fully saturated rings. The van der Waals surface area contributed by atoms with Crippen molar-refractivity contribution in [3.63, 3.8) is 0 Å². The summed E-state index contributed by atoms with van der Waals surface area (Å²) in [4.78, 5) is 0. The number of aryl methyl sites for hydroxylation is 1. The van der Waals surface area contributed by atoms with Gasteiger partial charge in [0.25, 0.3) is 0 Å². The Balaban J connectivity index is 2.65. The maximum atomic E-state index is 11.9. The van der Waals surface area contributed by atoms with Crippen LogP contribution in [0.1, 0.15) is 20.8 Å². The molecule has 1 heterocycles. The van der Waals surface area contributed by atoms with Crippen molar-refractivity contribution in [2.45, 2.75) is 32.6 Å². The first-order valence-electron chi connectivity index (χ1n) is 5.74. The molecule has 0 aromatic carbocycles. The number of rotatable bonds is 7. The van der Waals surface area contributed by atoms with Crippen LogP contribution in [0.25, 0.3) is 0 Å². The van der Waals surface area contributed by atoms with Crippen molar-refractivity contribution in [1.82, 2.24) is 15.1 Å². The zero-order valence-corrected chi connectivity index (χ0v) is 11.3. The minimum atomic E-state index is -3.35. The van der Waals surface area contributed by atoms with Crippen LogP contribution < -0.4 is 10.0 Å². The minimum absolute atomic E-state index is 0.438. The molecule has 2 N–H and O–H groups in total. The van der Waals surface area contributed by atoms with Gasteiger partial charge in [0.05, 0.1) is 17.1 Å². The summed E-state index contributed by atoms with van der Waals surface area (Å²) in [5.41, 5.74) is 0.509. The van der Waals surface area contributed by atoms with E-state index in [2.05, 4.69) is 15.1 Å². The monoisotopic (exact) mass is 260 g/mol. The molecule has 6 nitrogen and oxygen atoms in total. The molecule has 0 aliphatic carbocycles. The minimum Gasteiger partial charge on any atom is -0.316 e. The van der Waals surface area contributed by atoms with Gasteiger partial charge in [0.1, 0.15) is 0 Å². The lowest BCUT2D eigenvalue weighted by Crippen LogP contribution is -2.34. The van der Waals surface area contributed by atoms with Crippen LogP contribution in [0, 0.1) is 0 Å². The van der Waals surface area contributed by atoms with E-state index in [-0.39, 0.29) is 0 Å². The summed E-state index contributed by atoms with van der Waals surface area (Å²) in [6.45, 7) is 7.47. The smallest absolute Gasteiger partial charge is 0.236 e. The molecule has 0 saturated carbocycles. The highest BCUT2D eigenvalue weighted by Gasteiger charge is 2.20. The third-order valence-electron chi connectivity index (χ3n) is 2.43. The fraction of sp³-hybridized carbons (Fsp3) is 0.700. The van der Waals surface area contributed by atoms with Crippen molar-refractivity contribution in [2.24, 2.45) is 0 Å². The molecular weight excluding hydrogens is 240 g/mol. The Morgan fingerprint density at radius 1 is 1.47 bits per heavy atom. The standard InChI is InChI=1S/C10H20N4O2S/c1-4-11-6-9(3)17(15,16)13-10-7-12-14(5-2)8-10/h7-9,11,13H,4-6H2,1-3H3. The van der Waals surface area contributed by atoms with Crippen molar-refractivity contribution in [3.05, 3.63) is 12.4 Å². The van der Waals surface area contributed by atoms with Crippen LogP contribution in [0.15, 0.2) is 12.4 Å². The zero-order chi connectivity index (χ0) is 12.9. The van der Waals surface area contributed by atoms with Gasteiger partial charge in [-0.1, -0.05) is 6.92 Å². The van der Waals surface area contributed by atoms with Crippen molar-refractivity contribution in [2.75, 3.05) is 17.8 Å². The summed E-state index contributed by atoms with van der Waals surface area (Å²) in [5, 5.41) is 6.55. The summed E-state index contributed by atoms with van der Waals surface area (Å²) in [6, 6.07) is 0. The number of nitrogens with zero attached hydrogens (tertiary/aromatic N) is 2. The maximum absolute atomic E-state index is 11.9. The van der Waals surface area contributed by atoms with Gasteiger partial charge in [-0.05, 0) is 20.4 Å². The van der Waals surface area contributed by atoms with Crippen LogP contribution in [-0.2, 0) is 16.6 Å². The van der Waals surface area contributed by atoms with Gasteiger partial charge in [0.2, 0.25) is 10.0 Å². The SMILES string of the molecule is CCNCC(C)S(=O)(=O)Nc1cnn(CC)c1. The lowest BCUT2D eigenvalue weighted by Gasteiger charge is -2.13. The van der Waals surface area contributed by atoms with E-state index < -0.39 is 15.3 Å². The Morgan fingerprint density at radius 2 is 2.18 bits per heavy atom. The summed E-state index contributed by atoms with van der Waals surface area (Å²) in [5.74, 6) is 0. The molecule has 1 atom stereocenters. The van der Waals surface area contributed by atoms with Crippen molar-refractivity contribution in [1.29, 1.82) is 0 Å². The van der Waals surface area contributed by atoms with E-state index in [1.807, 2.05) is 13.8 Å². The highest BCUT2D eigenvalue weighted by atomic mass is 32.2. The molecular formula is C10H20N4O2S. The second-order valence-corrected chi connectivity index (χ2v) is 5.95. The molecule has 0 aliphatic heterocycles. The van der Waals surface area contributed by atoms with Crippen molar-refractivity contribution < 1.29 is 8.42 Å². The van der Waals surface area contributed by atoms with E-state index in [4.69, 9.17) is 0 Å². The second-order valence-electron chi connectivity index (χ2n) is 3.85. The van der Waals surface area contributed by atoms with E-state index in [0.717, 1.165) is 6.54 Å². The fourth-order valence-corrected chi connectivity index (χ4v) is 2.28.